The first-order valence-corrected chi connectivity index (χ1v) is 8.42. The fourth-order valence-corrected chi connectivity index (χ4v) is 3.00. The molecule has 0 aliphatic carbocycles. The summed E-state index contributed by atoms with van der Waals surface area (Å²) in [5.74, 6) is 0. The van der Waals surface area contributed by atoms with E-state index in [1.165, 1.54) is 36.0 Å². The number of aliphatic hydroxyl groups is 1. The molecule has 1 N–H and O–H groups in total. The molecule has 0 radical (unpaired) electrons. The lowest BCUT2D eigenvalue weighted by Gasteiger charge is -2.25. The van der Waals surface area contributed by atoms with Crippen molar-refractivity contribution in [2.45, 2.75) is 30.4 Å². The molecular weight excluding hydrogens is 333 g/mol. The fraction of sp³-hybridized carbons (Fsp3) is 0.357. The number of hydrogen-bond acceptors (Lipinski definition) is 4. The van der Waals surface area contributed by atoms with Crippen LogP contribution >= 0.6 is 0 Å². The van der Waals surface area contributed by atoms with Crippen molar-refractivity contribution in [2.24, 2.45) is 0 Å². The number of rotatable bonds is 4. The van der Waals surface area contributed by atoms with Crippen molar-refractivity contribution in [1.82, 2.24) is 9.55 Å². The van der Waals surface area contributed by atoms with E-state index in [1.54, 1.807) is 0 Å². The van der Waals surface area contributed by atoms with Crippen LogP contribution in [0.25, 0.3) is 0 Å². The van der Waals surface area contributed by atoms with Gasteiger partial charge in [-0.1, -0.05) is 12.1 Å². The first-order chi connectivity index (χ1) is 10.4. The largest absolute Gasteiger partial charge is 0.416 e. The average molecular weight is 348 g/mol. The van der Waals surface area contributed by atoms with E-state index in [9.17, 15) is 26.7 Å². The zero-order valence-corrected chi connectivity index (χ0v) is 13.2. The third-order valence-corrected chi connectivity index (χ3v) is 4.30. The standard InChI is InChI=1S/C14H15F3N2O3S/c1-13(20,9-19-7-6-18-12(19)23(2,21)22)10-4-3-5-11(8-10)14(15,16)17/h3-8,20H,9H2,1-2H3. The Bertz CT molecular complexity index is 811. The highest BCUT2D eigenvalue weighted by molar-refractivity contribution is 7.90. The van der Waals surface area contributed by atoms with Crippen LogP contribution in [0.15, 0.2) is 41.8 Å². The Hall–Kier alpha value is -1.87. The molecule has 0 saturated heterocycles. The summed E-state index contributed by atoms with van der Waals surface area (Å²) in [5, 5.41) is 10.3. The molecular formula is C14H15F3N2O3S. The van der Waals surface area contributed by atoms with E-state index in [0.717, 1.165) is 18.4 Å². The minimum Gasteiger partial charge on any atom is -0.384 e. The summed E-state index contributed by atoms with van der Waals surface area (Å²) in [6.07, 6.45) is -0.971. The Morgan fingerprint density at radius 1 is 1.26 bits per heavy atom. The Labute approximate surface area is 131 Å². The van der Waals surface area contributed by atoms with Gasteiger partial charge in [0.15, 0.2) is 0 Å². The summed E-state index contributed by atoms with van der Waals surface area (Å²) >= 11 is 0. The summed E-state index contributed by atoms with van der Waals surface area (Å²) in [4.78, 5) is 3.71. The molecule has 1 aromatic carbocycles. The van der Waals surface area contributed by atoms with Crippen LogP contribution in [0.4, 0.5) is 13.2 Å². The van der Waals surface area contributed by atoms with Crippen LogP contribution in [0.5, 0.6) is 0 Å². The number of alkyl halides is 3. The Morgan fingerprint density at radius 3 is 2.43 bits per heavy atom. The van der Waals surface area contributed by atoms with Crippen LogP contribution in [-0.2, 0) is 28.2 Å². The number of nitrogens with zero attached hydrogens (tertiary/aromatic N) is 2. The number of aromatic nitrogens is 2. The second kappa shape index (κ2) is 5.64. The first kappa shape index (κ1) is 17.5. The van der Waals surface area contributed by atoms with Gasteiger partial charge in [-0.05, 0) is 24.6 Å². The molecule has 0 aliphatic rings. The fourth-order valence-electron chi connectivity index (χ4n) is 2.20. The summed E-state index contributed by atoms with van der Waals surface area (Å²) in [6, 6.07) is 4.29. The second-order valence-corrected chi connectivity index (χ2v) is 7.37. The van der Waals surface area contributed by atoms with Gasteiger partial charge in [-0.2, -0.15) is 13.2 Å². The van der Waals surface area contributed by atoms with Gasteiger partial charge in [0, 0.05) is 18.6 Å². The zero-order valence-electron chi connectivity index (χ0n) is 12.4. The molecule has 1 atom stereocenters. The number of imidazole rings is 1. The molecule has 0 aliphatic heterocycles. The van der Waals surface area contributed by atoms with Gasteiger partial charge in [0.25, 0.3) is 0 Å². The highest BCUT2D eigenvalue weighted by Gasteiger charge is 2.33. The van der Waals surface area contributed by atoms with E-state index >= 15 is 0 Å². The van der Waals surface area contributed by atoms with Crippen molar-refractivity contribution in [3.8, 4) is 0 Å². The highest BCUT2D eigenvalue weighted by atomic mass is 32.2. The molecule has 5 nitrogen and oxygen atoms in total. The Balaban J connectivity index is 2.39. The molecule has 2 aromatic rings. The maximum absolute atomic E-state index is 12.8. The van der Waals surface area contributed by atoms with Gasteiger partial charge in [0.1, 0.15) is 5.60 Å². The quantitative estimate of drug-likeness (QED) is 0.920. The maximum atomic E-state index is 12.8. The average Bonchev–Trinajstić information content (AvgIpc) is 2.85. The van der Waals surface area contributed by atoms with E-state index < -0.39 is 27.2 Å². The second-order valence-electron chi connectivity index (χ2n) is 5.46. The molecule has 1 heterocycles. The van der Waals surface area contributed by atoms with Crippen LogP contribution < -0.4 is 0 Å². The minimum atomic E-state index is -4.53. The third kappa shape index (κ3) is 3.91. The molecule has 0 fully saturated rings. The summed E-state index contributed by atoms with van der Waals surface area (Å²) < 4.78 is 62.7. The van der Waals surface area contributed by atoms with Gasteiger partial charge in [0.2, 0.25) is 15.0 Å². The van der Waals surface area contributed by atoms with Crippen LogP contribution in [0.2, 0.25) is 0 Å². The van der Waals surface area contributed by atoms with E-state index in [1.807, 2.05) is 0 Å². The summed E-state index contributed by atoms with van der Waals surface area (Å²) in [7, 11) is -3.62. The summed E-state index contributed by atoms with van der Waals surface area (Å²) in [6.45, 7) is 1.06. The van der Waals surface area contributed by atoms with Crippen molar-refractivity contribution < 1.29 is 26.7 Å². The van der Waals surface area contributed by atoms with Crippen molar-refractivity contribution in [2.75, 3.05) is 6.26 Å². The number of hydrogen-bond donors (Lipinski definition) is 1. The van der Waals surface area contributed by atoms with Gasteiger partial charge >= 0.3 is 6.18 Å². The normalized spacial score (nSPS) is 15.4. The van der Waals surface area contributed by atoms with Crippen molar-refractivity contribution in [1.29, 1.82) is 0 Å². The zero-order chi connectivity index (χ0) is 17.5. The topological polar surface area (TPSA) is 72.2 Å². The third-order valence-electron chi connectivity index (χ3n) is 3.30. The monoisotopic (exact) mass is 348 g/mol. The van der Waals surface area contributed by atoms with Crippen LogP contribution in [-0.4, -0.2) is 29.3 Å². The van der Waals surface area contributed by atoms with Crippen molar-refractivity contribution >= 4 is 9.84 Å². The van der Waals surface area contributed by atoms with Gasteiger partial charge in [0.05, 0.1) is 12.1 Å². The molecule has 2 rings (SSSR count). The van der Waals surface area contributed by atoms with E-state index in [-0.39, 0.29) is 17.3 Å². The smallest absolute Gasteiger partial charge is 0.384 e. The Kier molecular flexibility index (Phi) is 4.29. The molecule has 9 heteroatoms. The van der Waals surface area contributed by atoms with Gasteiger partial charge in [-0.3, -0.25) is 0 Å². The molecule has 126 valence electrons. The first-order valence-electron chi connectivity index (χ1n) is 6.52. The lowest BCUT2D eigenvalue weighted by Crippen LogP contribution is -2.29. The molecule has 0 amide bonds. The highest BCUT2D eigenvalue weighted by Crippen LogP contribution is 2.32. The maximum Gasteiger partial charge on any atom is 0.416 e. The molecule has 1 unspecified atom stereocenters. The lowest BCUT2D eigenvalue weighted by molar-refractivity contribution is -0.137. The van der Waals surface area contributed by atoms with Crippen LogP contribution in [0.1, 0.15) is 18.1 Å². The molecule has 1 aromatic heterocycles. The Morgan fingerprint density at radius 2 is 1.87 bits per heavy atom. The predicted molar refractivity (Wildman–Crippen MR) is 76.4 cm³/mol. The van der Waals surface area contributed by atoms with E-state index in [0.29, 0.717) is 0 Å². The molecule has 0 saturated carbocycles. The van der Waals surface area contributed by atoms with E-state index in [4.69, 9.17) is 0 Å². The van der Waals surface area contributed by atoms with Gasteiger partial charge in [-0.15, -0.1) is 0 Å². The predicted octanol–water partition coefficient (Wildman–Crippen LogP) is 2.21. The minimum absolute atomic E-state index is 0.0282. The SMILES string of the molecule is CC(O)(Cn1ccnc1S(C)(=O)=O)c1cccc(C(F)(F)F)c1. The van der Waals surface area contributed by atoms with Gasteiger partial charge in [-0.25, -0.2) is 13.4 Å². The van der Waals surface area contributed by atoms with Crippen LogP contribution in [0.3, 0.4) is 0 Å². The molecule has 23 heavy (non-hydrogen) atoms. The lowest BCUT2D eigenvalue weighted by atomic mass is 9.94. The van der Waals surface area contributed by atoms with Crippen molar-refractivity contribution in [3.63, 3.8) is 0 Å². The van der Waals surface area contributed by atoms with Crippen molar-refractivity contribution in [3.05, 3.63) is 47.8 Å². The molecule has 0 bridgehead atoms. The number of sulfone groups is 1. The number of benzene rings is 1. The number of halogens is 3. The van der Waals surface area contributed by atoms with E-state index in [2.05, 4.69) is 4.98 Å². The van der Waals surface area contributed by atoms with Gasteiger partial charge < -0.3 is 9.67 Å². The van der Waals surface area contributed by atoms with Crippen LogP contribution in [0, 0.1) is 0 Å². The summed E-state index contributed by atoms with van der Waals surface area (Å²) in [5.41, 5.74) is -2.56. The molecule has 0 spiro atoms.